The lowest BCUT2D eigenvalue weighted by molar-refractivity contribution is 0.953. The van der Waals surface area contributed by atoms with E-state index < -0.39 is 0 Å². The molecule has 9 heteroatoms. The van der Waals surface area contributed by atoms with Gasteiger partial charge in [-0.3, -0.25) is 9.13 Å². The number of thiophene rings is 1. The molecule has 0 N–H and O–H groups in total. The van der Waals surface area contributed by atoms with Crippen LogP contribution in [-0.2, 0) is 0 Å². The average molecular weight is 1150 g/mol. The van der Waals surface area contributed by atoms with Gasteiger partial charge in [0.15, 0.2) is 17.5 Å². The van der Waals surface area contributed by atoms with E-state index in [4.69, 9.17) is 19.9 Å². The number of rotatable bonds is 8. The van der Waals surface area contributed by atoms with Crippen LogP contribution in [0.4, 0.5) is 0 Å². The van der Waals surface area contributed by atoms with Gasteiger partial charge in [0.2, 0.25) is 5.95 Å². The molecule has 0 atom stereocenters. The molecule has 19 aromatic rings. The lowest BCUT2D eigenvalue weighted by Crippen LogP contribution is -2.07. The second-order valence-corrected chi connectivity index (χ2v) is 24.0. The van der Waals surface area contributed by atoms with Gasteiger partial charge < -0.3 is 9.13 Å². The van der Waals surface area contributed by atoms with Crippen LogP contribution in [0.15, 0.2) is 291 Å². The van der Waals surface area contributed by atoms with Crippen molar-refractivity contribution in [2.45, 2.75) is 0 Å². The van der Waals surface area contributed by atoms with Gasteiger partial charge in [0.25, 0.3) is 0 Å². The predicted molar refractivity (Wildman–Crippen MR) is 370 cm³/mol. The summed E-state index contributed by atoms with van der Waals surface area (Å²) in [5.41, 5.74) is 17.5. The predicted octanol–water partition coefficient (Wildman–Crippen LogP) is 20.7. The van der Waals surface area contributed by atoms with E-state index in [0.29, 0.717) is 17.6 Å². The van der Waals surface area contributed by atoms with Crippen molar-refractivity contribution in [3.05, 3.63) is 291 Å². The van der Waals surface area contributed by atoms with Gasteiger partial charge in [0.1, 0.15) is 0 Å². The zero-order chi connectivity index (χ0) is 58.3. The molecule has 0 amide bonds. The fourth-order valence-corrected chi connectivity index (χ4v) is 15.2. The Morgan fingerprint density at radius 3 is 1.31 bits per heavy atom. The molecule has 8 nitrogen and oxygen atoms in total. The fourth-order valence-electron chi connectivity index (χ4n) is 14.1. The van der Waals surface area contributed by atoms with Gasteiger partial charge in [-0.05, 0) is 101 Å². The third kappa shape index (κ3) is 7.52. The monoisotopic (exact) mass is 1150 g/mol. The lowest BCUT2D eigenvalue weighted by Gasteiger charge is -2.13. The van der Waals surface area contributed by atoms with Gasteiger partial charge in [-0.25, -0.2) is 9.97 Å². The van der Waals surface area contributed by atoms with Crippen LogP contribution >= 0.6 is 11.3 Å². The maximum Gasteiger partial charge on any atom is 0.238 e. The van der Waals surface area contributed by atoms with Gasteiger partial charge in [0.05, 0.1) is 48.8 Å². The Morgan fingerprint density at radius 1 is 0.258 bits per heavy atom. The summed E-state index contributed by atoms with van der Waals surface area (Å²) in [5, 5.41) is 11.9. The van der Waals surface area contributed by atoms with Gasteiger partial charge >= 0.3 is 0 Å². The van der Waals surface area contributed by atoms with Crippen molar-refractivity contribution in [2.24, 2.45) is 0 Å². The van der Waals surface area contributed by atoms with Crippen LogP contribution < -0.4 is 0 Å². The van der Waals surface area contributed by atoms with Crippen LogP contribution in [0.5, 0.6) is 0 Å². The first-order valence-electron chi connectivity index (χ1n) is 30.0. The third-order valence-electron chi connectivity index (χ3n) is 18.1. The van der Waals surface area contributed by atoms with Gasteiger partial charge in [-0.1, -0.05) is 206 Å². The molecule has 0 aliphatic carbocycles. The van der Waals surface area contributed by atoms with Crippen molar-refractivity contribution in [2.75, 3.05) is 0 Å². The van der Waals surface area contributed by atoms with Crippen LogP contribution in [-0.4, -0.2) is 38.2 Å². The summed E-state index contributed by atoms with van der Waals surface area (Å²) < 4.78 is 11.8. The van der Waals surface area contributed by atoms with Gasteiger partial charge in [-0.15, -0.1) is 11.3 Å². The molecule has 7 aromatic heterocycles. The Labute approximate surface area is 513 Å². The van der Waals surface area contributed by atoms with Crippen molar-refractivity contribution in [3.63, 3.8) is 0 Å². The van der Waals surface area contributed by atoms with E-state index in [1.54, 1.807) is 0 Å². The standard InChI is InChI=1S/C80H48N8S/c1-3-17-52(18-4-1)77-82-78(84-80(83-77)88-71-30-16-10-24-60(71)63-42-41-62-59-23-9-14-28-69(59)86(74(62)75(63)88)55-19-5-2-6-20-55)53-37-35-50(36-38-53)49-31-33-51(34-32-49)54-39-43-72-65(47-54)61-25-11-15-29-70(61)87(72)79-76-64(45-46-81-79)66-48-56(40-44-73(66)89-76)85-67-26-12-7-21-57(67)58-22-8-13-27-68(58)85/h1-48H. The van der Waals surface area contributed by atoms with E-state index in [0.717, 1.165) is 105 Å². The van der Waals surface area contributed by atoms with E-state index in [1.807, 2.05) is 35.7 Å². The molecule has 89 heavy (non-hydrogen) atoms. The Bertz CT molecular complexity index is 6040. The molecule has 0 saturated heterocycles. The smallest absolute Gasteiger partial charge is 0.238 e. The maximum atomic E-state index is 5.42. The average Bonchev–Trinajstić information content (AvgIpc) is 1.63. The molecule has 7 heterocycles. The molecule has 0 aliphatic heterocycles. The van der Waals surface area contributed by atoms with Gasteiger partial charge in [-0.2, -0.15) is 9.97 Å². The number of benzene rings is 12. The molecule has 0 radical (unpaired) electrons. The van der Waals surface area contributed by atoms with Crippen LogP contribution in [0.25, 0.3) is 176 Å². The normalized spacial score (nSPS) is 12.0. The number of pyridine rings is 1. The van der Waals surface area contributed by atoms with Crippen molar-refractivity contribution in [3.8, 4) is 68.2 Å². The van der Waals surface area contributed by atoms with Crippen LogP contribution in [0.2, 0.25) is 0 Å². The van der Waals surface area contributed by atoms with Crippen molar-refractivity contribution in [1.82, 2.24) is 38.2 Å². The highest BCUT2D eigenvalue weighted by atomic mass is 32.1. The summed E-state index contributed by atoms with van der Waals surface area (Å²) in [4.78, 5) is 21.2. The molecule has 0 bridgehead atoms. The highest BCUT2D eigenvalue weighted by Gasteiger charge is 2.25. The molecule has 0 fully saturated rings. The van der Waals surface area contributed by atoms with Crippen LogP contribution in [0.3, 0.4) is 0 Å². The molecular weight excluding hydrogens is 1110 g/mol. The first-order chi connectivity index (χ1) is 44.1. The van der Waals surface area contributed by atoms with E-state index >= 15 is 0 Å². The van der Waals surface area contributed by atoms with E-state index in [-0.39, 0.29) is 0 Å². The number of hydrogen-bond acceptors (Lipinski definition) is 5. The van der Waals surface area contributed by atoms with Crippen molar-refractivity contribution >= 4 is 119 Å². The Balaban J connectivity index is 0.680. The Morgan fingerprint density at radius 2 is 0.708 bits per heavy atom. The summed E-state index contributed by atoms with van der Waals surface area (Å²) in [6.45, 7) is 0. The lowest BCUT2D eigenvalue weighted by atomic mass is 9.98. The third-order valence-corrected chi connectivity index (χ3v) is 19.3. The molecule has 0 unspecified atom stereocenters. The minimum absolute atomic E-state index is 0.552. The minimum Gasteiger partial charge on any atom is -0.309 e. The molecule has 12 aromatic carbocycles. The number of hydrogen-bond donors (Lipinski definition) is 0. The summed E-state index contributed by atoms with van der Waals surface area (Å²) in [5.74, 6) is 2.69. The summed E-state index contributed by atoms with van der Waals surface area (Å²) in [6.07, 6.45) is 1.97. The molecular formula is C80H48N8S. The Hall–Kier alpha value is -11.8. The van der Waals surface area contributed by atoms with E-state index in [2.05, 4.69) is 285 Å². The molecule has 0 aliphatic rings. The summed E-state index contributed by atoms with van der Waals surface area (Å²) in [6, 6.07) is 102. The summed E-state index contributed by atoms with van der Waals surface area (Å²) in [7, 11) is 0. The van der Waals surface area contributed by atoms with E-state index in [9.17, 15) is 0 Å². The van der Waals surface area contributed by atoms with Gasteiger partial charge in [0, 0.05) is 87.3 Å². The second kappa shape index (κ2) is 19.4. The van der Waals surface area contributed by atoms with Crippen LogP contribution in [0, 0.1) is 0 Å². The zero-order valence-corrected chi connectivity index (χ0v) is 48.5. The number of para-hydroxylation sites is 6. The zero-order valence-electron chi connectivity index (χ0n) is 47.7. The molecule has 414 valence electrons. The SMILES string of the molecule is c1ccc(-c2nc(-c3ccc(-c4ccc(-c5ccc6c(c5)c5ccccc5n6-c5nccc6c5sc5ccc(-n7c8ccccc8c8ccccc87)cc56)cc4)cc3)nc(-n3c4ccccc4c4ccc5c6ccccc6n(-c6ccccc6)c5c43)n2)cc1. The molecule has 0 saturated carbocycles. The second-order valence-electron chi connectivity index (χ2n) is 22.9. The largest absolute Gasteiger partial charge is 0.309 e. The van der Waals surface area contributed by atoms with E-state index in [1.165, 1.54) is 53.4 Å². The maximum absolute atomic E-state index is 5.42. The topological polar surface area (TPSA) is 71.3 Å². The first-order valence-corrected chi connectivity index (χ1v) is 30.8. The highest BCUT2D eigenvalue weighted by Crippen LogP contribution is 2.45. The molecule has 19 rings (SSSR count). The molecule has 0 spiro atoms. The quantitative estimate of drug-likeness (QED) is 0.152. The highest BCUT2D eigenvalue weighted by molar-refractivity contribution is 7.26. The van der Waals surface area contributed by atoms with Crippen molar-refractivity contribution < 1.29 is 0 Å². The number of nitrogens with zero attached hydrogens (tertiary/aromatic N) is 8. The van der Waals surface area contributed by atoms with Crippen molar-refractivity contribution in [1.29, 1.82) is 0 Å². The number of aromatic nitrogens is 8. The fraction of sp³-hybridized carbons (Fsp3) is 0. The number of fused-ring (bicyclic) bond motifs is 16. The minimum atomic E-state index is 0.552. The Kier molecular flexibility index (Phi) is 10.8. The first kappa shape index (κ1) is 49.5. The van der Waals surface area contributed by atoms with Crippen LogP contribution in [0.1, 0.15) is 0 Å². The summed E-state index contributed by atoms with van der Waals surface area (Å²) >= 11 is 1.81.